The Morgan fingerprint density at radius 3 is 2.31 bits per heavy atom. The van der Waals surface area contributed by atoms with Gasteiger partial charge in [0, 0.05) is 19.5 Å². The molecular formula is C11H23N3O2. The molecule has 5 heteroatoms. The molecule has 94 valence electrons. The molecule has 0 saturated carbocycles. The van der Waals surface area contributed by atoms with Crippen molar-refractivity contribution < 1.29 is 9.59 Å². The second-order valence-electron chi connectivity index (χ2n) is 4.16. The molecule has 0 unspecified atom stereocenters. The summed E-state index contributed by atoms with van der Waals surface area (Å²) in [6, 6.07) is -0.501. The zero-order chi connectivity index (χ0) is 12.6. The Morgan fingerprint density at radius 1 is 1.19 bits per heavy atom. The molecule has 0 aliphatic carbocycles. The Morgan fingerprint density at radius 2 is 1.81 bits per heavy atom. The minimum absolute atomic E-state index is 0.0414. The number of amides is 2. The second-order valence-corrected chi connectivity index (χ2v) is 4.16. The minimum atomic E-state index is -0.501. The van der Waals surface area contributed by atoms with Crippen molar-refractivity contribution in [3.63, 3.8) is 0 Å². The third kappa shape index (κ3) is 6.40. The van der Waals surface area contributed by atoms with Gasteiger partial charge in [-0.3, -0.25) is 9.59 Å². The van der Waals surface area contributed by atoms with Gasteiger partial charge in [0.15, 0.2) is 0 Å². The molecular weight excluding hydrogens is 206 g/mol. The van der Waals surface area contributed by atoms with Gasteiger partial charge in [0.1, 0.15) is 0 Å². The van der Waals surface area contributed by atoms with Gasteiger partial charge in [-0.1, -0.05) is 20.8 Å². The molecule has 0 aromatic heterocycles. The van der Waals surface area contributed by atoms with E-state index in [1.165, 1.54) is 0 Å². The monoisotopic (exact) mass is 229 g/mol. The van der Waals surface area contributed by atoms with Crippen molar-refractivity contribution in [1.82, 2.24) is 10.6 Å². The van der Waals surface area contributed by atoms with E-state index in [2.05, 4.69) is 10.6 Å². The van der Waals surface area contributed by atoms with Gasteiger partial charge in [0.25, 0.3) is 0 Å². The van der Waals surface area contributed by atoms with Gasteiger partial charge in [0.2, 0.25) is 11.8 Å². The van der Waals surface area contributed by atoms with Gasteiger partial charge in [-0.2, -0.15) is 0 Å². The number of carbonyl (C=O) groups excluding carboxylic acids is 2. The smallest absolute Gasteiger partial charge is 0.237 e. The van der Waals surface area contributed by atoms with E-state index in [-0.39, 0.29) is 17.7 Å². The molecule has 0 aliphatic rings. The van der Waals surface area contributed by atoms with Crippen LogP contribution in [0.1, 0.15) is 33.6 Å². The fourth-order valence-electron chi connectivity index (χ4n) is 1.07. The lowest BCUT2D eigenvalue weighted by atomic mass is 10.1. The molecule has 0 spiro atoms. The molecule has 0 saturated heterocycles. The highest BCUT2D eigenvalue weighted by molar-refractivity contribution is 5.82. The summed E-state index contributed by atoms with van der Waals surface area (Å²) in [4.78, 5) is 22.6. The third-order valence-electron chi connectivity index (χ3n) is 2.24. The lowest BCUT2D eigenvalue weighted by Gasteiger charge is -2.15. The maximum Gasteiger partial charge on any atom is 0.237 e. The number of hydrogen-bond donors (Lipinski definition) is 3. The van der Waals surface area contributed by atoms with Gasteiger partial charge in [-0.05, 0) is 12.3 Å². The highest BCUT2D eigenvalue weighted by atomic mass is 16.2. The predicted molar refractivity (Wildman–Crippen MR) is 63.7 cm³/mol. The summed E-state index contributed by atoms with van der Waals surface area (Å²) < 4.78 is 0. The summed E-state index contributed by atoms with van der Waals surface area (Å²) in [6.07, 6.45) is 1.22. The van der Waals surface area contributed by atoms with E-state index < -0.39 is 6.04 Å². The molecule has 0 fully saturated rings. The van der Waals surface area contributed by atoms with Crippen LogP contribution in [0.4, 0.5) is 0 Å². The predicted octanol–water partition coefficient (Wildman–Crippen LogP) is 0.00220. The van der Waals surface area contributed by atoms with Crippen LogP contribution in [0.3, 0.4) is 0 Å². The van der Waals surface area contributed by atoms with Crippen LogP contribution in [-0.2, 0) is 9.59 Å². The Kier molecular flexibility index (Phi) is 7.54. The summed E-state index contributed by atoms with van der Waals surface area (Å²) >= 11 is 0. The normalized spacial score (nSPS) is 12.3. The molecule has 0 bridgehead atoms. The lowest BCUT2D eigenvalue weighted by Crippen LogP contribution is -2.44. The fourth-order valence-corrected chi connectivity index (χ4v) is 1.07. The quantitative estimate of drug-likeness (QED) is 0.574. The molecule has 1 atom stereocenters. The van der Waals surface area contributed by atoms with E-state index in [0.29, 0.717) is 19.5 Å². The van der Waals surface area contributed by atoms with Crippen LogP contribution < -0.4 is 16.4 Å². The molecule has 2 amide bonds. The van der Waals surface area contributed by atoms with E-state index in [9.17, 15) is 9.59 Å². The first kappa shape index (κ1) is 14.9. The molecule has 4 N–H and O–H groups in total. The number of hydrogen-bond acceptors (Lipinski definition) is 3. The van der Waals surface area contributed by atoms with Crippen LogP contribution in [0, 0.1) is 5.92 Å². The van der Waals surface area contributed by atoms with E-state index in [1.807, 2.05) is 20.8 Å². The minimum Gasteiger partial charge on any atom is -0.356 e. The molecule has 5 nitrogen and oxygen atoms in total. The zero-order valence-corrected chi connectivity index (χ0v) is 10.4. The summed E-state index contributed by atoms with van der Waals surface area (Å²) in [5, 5.41) is 5.38. The van der Waals surface area contributed by atoms with Crippen LogP contribution in [0.2, 0.25) is 0 Å². The average Bonchev–Trinajstić information content (AvgIpc) is 2.24. The van der Waals surface area contributed by atoms with E-state index >= 15 is 0 Å². The van der Waals surface area contributed by atoms with Crippen molar-refractivity contribution in [3.8, 4) is 0 Å². The van der Waals surface area contributed by atoms with Crippen LogP contribution in [0.25, 0.3) is 0 Å². The topological polar surface area (TPSA) is 84.2 Å². The summed E-state index contributed by atoms with van der Waals surface area (Å²) in [5.41, 5.74) is 5.64. The van der Waals surface area contributed by atoms with Crippen molar-refractivity contribution in [2.45, 2.75) is 39.7 Å². The molecule has 0 rings (SSSR count). The molecule has 0 heterocycles. The first-order valence-corrected chi connectivity index (χ1v) is 5.79. The first-order valence-electron chi connectivity index (χ1n) is 5.79. The zero-order valence-electron chi connectivity index (χ0n) is 10.4. The molecule has 0 aromatic rings. The maximum atomic E-state index is 11.4. The van der Waals surface area contributed by atoms with Crippen molar-refractivity contribution in [2.24, 2.45) is 11.7 Å². The van der Waals surface area contributed by atoms with Gasteiger partial charge >= 0.3 is 0 Å². The van der Waals surface area contributed by atoms with Crippen molar-refractivity contribution >= 4 is 11.8 Å². The van der Waals surface area contributed by atoms with Crippen LogP contribution in [-0.4, -0.2) is 30.9 Å². The summed E-state index contributed by atoms with van der Waals surface area (Å²) in [7, 11) is 0. The SMILES string of the molecule is CCCNC(=O)CCNC(=O)[C@H](N)C(C)C. The van der Waals surface area contributed by atoms with Crippen LogP contribution in [0.15, 0.2) is 0 Å². The van der Waals surface area contributed by atoms with Gasteiger partial charge in [0.05, 0.1) is 6.04 Å². The number of rotatable bonds is 7. The molecule has 0 aliphatic heterocycles. The van der Waals surface area contributed by atoms with E-state index in [4.69, 9.17) is 5.73 Å². The third-order valence-corrected chi connectivity index (χ3v) is 2.24. The standard InChI is InChI=1S/C11H23N3O2/c1-4-6-13-9(15)5-7-14-11(16)10(12)8(2)3/h8,10H,4-7,12H2,1-3H3,(H,13,15)(H,14,16)/t10-/m1/s1. The van der Waals surface area contributed by atoms with Gasteiger partial charge in [-0.25, -0.2) is 0 Å². The molecule has 0 aromatic carbocycles. The van der Waals surface area contributed by atoms with Crippen LogP contribution in [0.5, 0.6) is 0 Å². The number of nitrogens with two attached hydrogens (primary N) is 1. The highest BCUT2D eigenvalue weighted by Crippen LogP contribution is 1.97. The summed E-state index contributed by atoms with van der Waals surface area (Å²) in [5.74, 6) is -0.132. The molecule has 0 radical (unpaired) electrons. The highest BCUT2D eigenvalue weighted by Gasteiger charge is 2.16. The first-order chi connectivity index (χ1) is 7.49. The number of nitrogens with one attached hydrogen (secondary N) is 2. The Balaban J connectivity index is 3.65. The van der Waals surface area contributed by atoms with E-state index in [1.54, 1.807) is 0 Å². The van der Waals surface area contributed by atoms with Crippen molar-refractivity contribution in [2.75, 3.05) is 13.1 Å². The van der Waals surface area contributed by atoms with Gasteiger partial charge in [-0.15, -0.1) is 0 Å². The van der Waals surface area contributed by atoms with Crippen molar-refractivity contribution in [3.05, 3.63) is 0 Å². The van der Waals surface area contributed by atoms with Crippen molar-refractivity contribution in [1.29, 1.82) is 0 Å². The summed E-state index contributed by atoms with van der Waals surface area (Å²) in [6.45, 7) is 6.78. The Hall–Kier alpha value is -1.10. The fraction of sp³-hybridized carbons (Fsp3) is 0.818. The second kappa shape index (κ2) is 8.10. The lowest BCUT2D eigenvalue weighted by molar-refractivity contribution is -0.123. The number of carbonyl (C=O) groups is 2. The molecule has 16 heavy (non-hydrogen) atoms. The van der Waals surface area contributed by atoms with Crippen LogP contribution >= 0.6 is 0 Å². The Bertz CT molecular complexity index is 229. The Labute approximate surface area is 97.2 Å². The van der Waals surface area contributed by atoms with E-state index in [0.717, 1.165) is 6.42 Å². The average molecular weight is 229 g/mol. The maximum absolute atomic E-state index is 11.4. The van der Waals surface area contributed by atoms with Gasteiger partial charge < -0.3 is 16.4 Å². The largest absolute Gasteiger partial charge is 0.356 e.